The molecule has 7 rings (SSSR count). The maximum Gasteiger partial charge on any atom is 0.236 e. The summed E-state index contributed by atoms with van der Waals surface area (Å²) >= 11 is 0. The van der Waals surface area contributed by atoms with Crippen LogP contribution in [0.15, 0.2) is 66.7 Å². The Morgan fingerprint density at radius 1 is 0.973 bits per heavy atom. The number of fused-ring (bicyclic) bond motifs is 3. The van der Waals surface area contributed by atoms with Crippen LogP contribution in [0, 0.1) is 0 Å². The molecule has 2 unspecified atom stereocenters. The maximum atomic E-state index is 13.1. The molecule has 0 radical (unpaired) electrons. The molecule has 0 bridgehead atoms. The van der Waals surface area contributed by atoms with E-state index >= 15 is 0 Å². The summed E-state index contributed by atoms with van der Waals surface area (Å²) in [5.41, 5.74) is 7.03. The van der Waals surface area contributed by atoms with Gasteiger partial charge in [0.2, 0.25) is 5.91 Å². The van der Waals surface area contributed by atoms with Crippen LogP contribution in [0.4, 0.5) is 5.69 Å². The van der Waals surface area contributed by atoms with Gasteiger partial charge in [-0.15, -0.1) is 0 Å². The number of aromatic nitrogens is 2. The van der Waals surface area contributed by atoms with Crippen molar-refractivity contribution in [2.75, 3.05) is 18.4 Å². The topological polar surface area (TPSA) is 61.0 Å². The van der Waals surface area contributed by atoms with Crippen molar-refractivity contribution in [1.29, 1.82) is 0 Å². The number of carbonyl (C=O) groups is 1. The Hall–Kier alpha value is -3.70. The van der Waals surface area contributed by atoms with Gasteiger partial charge in [0.25, 0.3) is 0 Å². The van der Waals surface area contributed by atoms with Crippen molar-refractivity contribution >= 4 is 34.6 Å². The highest BCUT2D eigenvalue weighted by Crippen LogP contribution is 2.69. The summed E-state index contributed by atoms with van der Waals surface area (Å²) in [6, 6.07) is 23.5. The molecule has 186 valence electrons. The molecule has 1 saturated carbocycles. The predicted molar refractivity (Wildman–Crippen MR) is 149 cm³/mol. The van der Waals surface area contributed by atoms with Crippen molar-refractivity contribution < 1.29 is 4.79 Å². The van der Waals surface area contributed by atoms with Crippen molar-refractivity contribution in [3.05, 3.63) is 94.7 Å². The number of piperidine rings is 1. The summed E-state index contributed by atoms with van der Waals surface area (Å²) in [5, 5.41) is 12.0. The number of likely N-dealkylation sites (tertiary alicyclic amines) is 1. The molecular formula is C32H32N4O. The van der Waals surface area contributed by atoms with Gasteiger partial charge in [0.05, 0.1) is 16.6 Å². The van der Waals surface area contributed by atoms with Crippen molar-refractivity contribution in [2.45, 2.75) is 50.0 Å². The molecule has 4 aromatic rings. The molecule has 1 amide bonds. The maximum absolute atomic E-state index is 13.1. The molecule has 1 saturated heterocycles. The largest absolute Gasteiger partial charge is 0.325 e. The third kappa shape index (κ3) is 3.56. The van der Waals surface area contributed by atoms with Gasteiger partial charge in [0, 0.05) is 23.0 Å². The van der Waals surface area contributed by atoms with E-state index in [0.717, 1.165) is 40.8 Å². The van der Waals surface area contributed by atoms with Gasteiger partial charge in [-0.25, -0.2) is 0 Å². The van der Waals surface area contributed by atoms with E-state index in [1.54, 1.807) is 0 Å². The third-order valence-corrected chi connectivity index (χ3v) is 8.96. The highest BCUT2D eigenvalue weighted by molar-refractivity contribution is 6.10. The molecule has 5 nitrogen and oxygen atoms in total. The lowest BCUT2D eigenvalue weighted by molar-refractivity contribution is -0.118. The second-order valence-electron chi connectivity index (χ2n) is 11.2. The van der Waals surface area contributed by atoms with Gasteiger partial charge in [0.1, 0.15) is 0 Å². The zero-order chi connectivity index (χ0) is 25.0. The lowest BCUT2D eigenvalue weighted by Gasteiger charge is -2.26. The Kier molecular flexibility index (Phi) is 5.12. The molecule has 3 aromatic carbocycles. The first-order valence-corrected chi connectivity index (χ1v) is 13.5. The van der Waals surface area contributed by atoms with Crippen LogP contribution in [0.5, 0.6) is 0 Å². The fourth-order valence-electron chi connectivity index (χ4n) is 6.67. The van der Waals surface area contributed by atoms with Crippen LogP contribution >= 0.6 is 0 Å². The number of benzene rings is 3. The minimum absolute atomic E-state index is 0.117. The third-order valence-electron chi connectivity index (χ3n) is 8.96. The number of aromatic amines is 1. The zero-order valence-electron chi connectivity index (χ0n) is 21.3. The number of para-hydroxylation sites is 1. The van der Waals surface area contributed by atoms with Gasteiger partial charge >= 0.3 is 0 Å². The van der Waals surface area contributed by atoms with E-state index in [9.17, 15) is 4.79 Å². The van der Waals surface area contributed by atoms with Gasteiger partial charge in [0.15, 0.2) is 0 Å². The fraction of sp³-hybridized carbons (Fsp3) is 0.312. The predicted octanol–water partition coefficient (Wildman–Crippen LogP) is 6.27. The second-order valence-corrected chi connectivity index (χ2v) is 11.2. The number of hydrogen-bond donors (Lipinski definition) is 2. The molecule has 3 aliphatic rings. The highest BCUT2D eigenvalue weighted by Gasteiger charge is 2.73. The first-order chi connectivity index (χ1) is 18.1. The number of anilines is 1. The average molecular weight is 489 g/mol. The number of hydrogen-bond acceptors (Lipinski definition) is 3. The molecule has 2 N–H and O–H groups in total. The van der Waals surface area contributed by atoms with E-state index < -0.39 is 5.41 Å². The molecule has 2 fully saturated rings. The lowest BCUT2D eigenvalue weighted by Crippen LogP contribution is -2.28. The average Bonchev–Trinajstić information content (AvgIpc) is 3.23. The summed E-state index contributed by atoms with van der Waals surface area (Å²) in [7, 11) is 0. The first kappa shape index (κ1) is 22.5. The van der Waals surface area contributed by atoms with Crippen LogP contribution in [-0.4, -0.2) is 34.1 Å². The van der Waals surface area contributed by atoms with E-state index in [-0.39, 0.29) is 11.3 Å². The number of carbonyl (C=O) groups excluding carboxylic acids is 1. The van der Waals surface area contributed by atoms with Crippen LogP contribution in [0.3, 0.4) is 0 Å². The van der Waals surface area contributed by atoms with E-state index in [1.165, 1.54) is 49.0 Å². The molecule has 37 heavy (non-hydrogen) atoms. The van der Waals surface area contributed by atoms with Crippen LogP contribution in [-0.2, 0) is 22.2 Å². The Bertz CT molecular complexity index is 1530. The summed E-state index contributed by atoms with van der Waals surface area (Å²) in [4.78, 5) is 15.6. The van der Waals surface area contributed by atoms with Crippen molar-refractivity contribution in [3.8, 4) is 0 Å². The van der Waals surface area contributed by atoms with Gasteiger partial charge in [-0.1, -0.05) is 74.0 Å². The Balaban J connectivity index is 1.10. The first-order valence-electron chi connectivity index (χ1n) is 13.5. The van der Waals surface area contributed by atoms with Gasteiger partial charge < -0.3 is 5.32 Å². The highest BCUT2D eigenvalue weighted by atomic mass is 16.2. The Morgan fingerprint density at radius 3 is 2.62 bits per heavy atom. The van der Waals surface area contributed by atoms with E-state index in [0.29, 0.717) is 0 Å². The number of rotatable bonds is 5. The molecule has 2 aliphatic heterocycles. The Morgan fingerprint density at radius 2 is 1.78 bits per heavy atom. The number of H-pyrrole nitrogens is 1. The van der Waals surface area contributed by atoms with Crippen LogP contribution < -0.4 is 5.32 Å². The van der Waals surface area contributed by atoms with E-state index in [2.05, 4.69) is 88.0 Å². The molecule has 1 aromatic heterocycles. The molecule has 3 heterocycles. The van der Waals surface area contributed by atoms with Crippen molar-refractivity contribution in [3.63, 3.8) is 0 Å². The summed E-state index contributed by atoms with van der Waals surface area (Å²) in [6.07, 6.45) is 9.05. The normalized spacial score (nSPS) is 25.2. The van der Waals surface area contributed by atoms with E-state index in [1.807, 2.05) is 18.2 Å². The quantitative estimate of drug-likeness (QED) is 0.348. The summed E-state index contributed by atoms with van der Waals surface area (Å²) in [5.74, 6) is 0.117. The Labute approximate surface area is 217 Å². The monoisotopic (exact) mass is 488 g/mol. The van der Waals surface area contributed by atoms with Gasteiger partial charge in [-0.2, -0.15) is 5.10 Å². The molecule has 1 spiro atoms. The number of amides is 1. The molecule has 5 heteroatoms. The minimum atomic E-state index is -0.472. The molecular weight excluding hydrogens is 456 g/mol. The van der Waals surface area contributed by atoms with E-state index in [4.69, 9.17) is 0 Å². The lowest BCUT2D eigenvalue weighted by atomic mass is 9.83. The zero-order valence-corrected chi connectivity index (χ0v) is 21.3. The van der Waals surface area contributed by atoms with Crippen molar-refractivity contribution in [2.24, 2.45) is 0 Å². The fourth-order valence-corrected chi connectivity index (χ4v) is 6.67. The molecule has 1 aliphatic carbocycles. The van der Waals surface area contributed by atoms with Crippen molar-refractivity contribution in [1.82, 2.24) is 15.1 Å². The van der Waals surface area contributed by atoms with Crippen LogP contribution in [0.2, 0.25) is 0 Å². The second kappa shape index (κ2) is 8.42. The molecule has 2 atom stereocenters. The SMILES string of the molecule is CC1(c2ccc3c(C=Cc4ccc(CN5CCCCC5)cc4)n[nH]c3c2)CC12C(=O)Nc1ccccc12. The smallest absolute Gasteiger partial charge is 0.236 e. The van der Waals surface area contributed by atoms with Gasteiger partial charge in [-0.05, 0) is 72.8 Å². The van der Waals surface area contributed by atoms with Crippen LogP contribution in [0.1, 0.15) is 60.6 Å². The minimum Gasteiger partial charge on any atom is -0.325 e. The summed E-state index contributed by atoms with van der Waals surface area (Å²) < 4.78 is 0. The standard InChI is InChI=1S/C32H32N4O/c1-31(21-32(31)26-7-3-4-8-28(26)33-30(32)37)24-14-15-25-27(34-35-29(25)19-24)16-13-22-9-11-23(12-10-22)20-36-17-5-2-6-18-36/h3-4,7-16,19H,2,5-6,17-18,20-21H2,1H3,(H,33,37)(H,34,35). The summed E-state index contributed by atoms with van der Waals surface area (Å²) in [6.45, 7) is 5.69. The number of nitrogens with one attached hydrogen (secondary N) is 2. The van der Waals surface area contributed by atoms with Gasteiger partial charge in [-0.3, -0.25) is 14.8 Å². The number of nitrogens with zero attached hydrogens (tertiary/aromatic N) is 2. The van der Waals surface area contributed by atoms with Crippen LogP contribution in [0.25, 0.3) is 23.1 Å².